The van der Waals surface area contributed by atoms with Gasteiger partial charge in [0.25, 0.3) is 0 Å². The van der Waals surface area contributed by atoms with Crippen LogP contribution in [0.15, 0.2) is 0 Å². The van der Waals surface area contributed by atoms with Gasteiger partial charge in [-0.05, 0) is 56.8 Å². The van der Waals surface area contributed by atoms with Crippen LogP contribution < -0.4 is 5.73 Å². The van der Waals surface area contributed by atoms with Gasteiger partial charge in [-0.1, -0.05) is 33.6 Å². The van der Waals surface area contributed by atoms with Crippen molar-refractivity contribution in [3.05, 3.63) is 0 Å². The van der Waals surface area contributed by atoms with Gasteiger partial charge in [-0.3, -0.25) is 4.90 Å². The molecule has 0 bridgehead atoms. The zero-order valence-corrected chi connectivity index (χ0v) is 14.2. The van der Waals surface area contributed by atoms with Crippen molar-refractivity contribution >= 4 is 0 Å². The largest absolute Gasteiger partial charge is 0.329 e. The maximum atomic E-state index is 6.33. The minimum Gasteiger partial charge on any atom is -0.329 e. The van der Waals surface area contributed by atoms with Crippen molar-refractivity contribution in [3.63, 3.8) is 0 Å². The SMILES string of the molecule is CC1CCC(C)N(C2(CN)CCCC(C(C)C)CC2)C1. The monoisotopic (exact) mass is 280 g/mol. The van der Waals surface area contributed by atoms with E-state index in [2.05, 4.69) is 32.6 Å². The van der Waals surface area contributed by atoms with E-state index in [1.165, 1.54) is 51.5 Å². The molecule has 1 aliphatic carbocycles. The maximum absolute atomic E-state index is 6.33. The molecule has 2 heteroatoms. The van der Waals surface area contributed by atoms with Crippen LogP contribution in [0.4, 0.5) is 0 Å². The second-order valence-corrected chi connectivity index (χ2v) is 8.05. The number of nitrogens with two attached hydrogens (primary N) is 1. The van der Waals surface area contributed by atoms with E-state index < -0.39 is 0 Å². The Hall–Kier alpha value is -0.0800. The number of piperidine rings is 1. The van der Waals surface area contributed by atoms with Crippen LogP contribution in [-0.2, 0) is 0 Å². The highest BCUT2D eigenvalue weighted by Crippen LogP contribution is 2.40. The van der Waals surface area contributed by atoms with Crippen LogP contribution in [-0.4, -0.2) is 29.6 Å². The average Bonchev–Trinajstić information content (AvgIpc) is 2.65. The fourth-order valence-electron chi connectivity index (χ4n) is 4.64. The molecule has 0 spiro atoms. The fraction of sp³-hybridized carbons (Fsp3) is 1.00. The molecule has 2 nitrogen and oxygen atoms in total. The highest BCUT2D eigenvalue weighted by molar-refractivity contribution is 4.98. The van der Waals surface area contributed by atoms with E-state index >= 15 is 0 Å². The molecule has 20 heavy (non-hydrogen) atoms. The van der Waals surface area contributed by atoms with Gasteiger partial charge in [-0.15, -0.1) is 0 Å². The quantitative estimate of drug-likeness (QED) is 0.791. The Kier molecular flexibility index (Phi) is 5.53. The average molecular weight is 280 g/mol. The Labute approximate surface area is 126 Å². The molecule has 0 radical (unpaired) electrons. The summed E-state index contributed by atoms with van der Waals surface area (Å²) >= 11 is 0. The molecule has 118 valence electrons. The van der Waals surface area contributed by atoms with Gasteiger partial charge in [-0.2, -0.15) is 0 Å². The molecule has 0 aromatic rings. The molecular weight excluding hydrogens is 244 g/mol. The number of rotatable bonds is 3. The summed E-state index contributed by atoms with van der Waals surface area (Å²) in [6, 6.07) is 0.727. The number of nitrogens with zero attached hydrogens (tertiary/aromatic N) is 1. The molecule has 1 heterocycles. The van der Waals surface area contributed by atoms with Crippen molar-refractivity contribution in [2.75, 3.05) is 13.1 Å². The highest BCUT2D eigenvalue weighted by Gasteiger charge is 2.41. The van der Waals surface area contributed by atoms with Crippen molar-refractivity contribution in [2.24, 2.45) is 23.5 Å². The van der Waals surface area contributed by atoms with Crippen molar-refractivity contribution in [1.82, 2.24) is 4.90 Å². The Morgan fingerprint density at radius 1 is 1.10 bits per heavy atom. The third-order valence-corrected chi connectivity index (χ3v) is 6.25. The normalized spacial score (nSPS) is 40.8. The second kappa shape index (κ2) is 6.79. The molecule has 2 rings (SSSR count). The Morgan fingerprint density at radius 2 is 1.85 bits per heavy atom. The first-order chi connectivity index (χ1) is 9.48. The Bertz CT molecular complexity index is 302. The molecule has 0 aromatic heterocycles. The van der Waals surface area contributed by atoms with Gasteiger partial charge in [0.15, 0.2) is 0 Å². The highest BCUT2D eigenvalue weighted by atomic mass is 15.2. The zero-order chi connectivity index (χ0) is 14.8. The topological polar surface area (TPSA) is 29.3 Å². The van der Waals surface area contributed by atoms with Gasteiger partial charge < -0.3 is 5.73 Å². The van der Waals surface area contributed by atoms with Crippen LogP contribution in [0.3, 0.4) is 0 Å². The Morgan fingerprint density at radius 3 is 2.50 bits per heavy atom. The zero-order valence-electron chi connectivity index (χ0n) is 14.2. The van der Waals surface area contributed by atoms with Crippen LogP contribution in [0.2, 0.25) is 0 Å². The van der Waals surface area contributed by atoms with Crippen LogP contribution in [0.5, 0.6) is 0 Å². The first kappa shape index (κ1) is 16.3. The van der Waals surface area contributed by atoms with Gasteiger partial charge in [-0.25, -0.2) is 0 Å². The summed E-state index contributed by atoms with van der Waals surface area (Å²) < 4.78 is 0. The molecular formula is C18H36N2. The van der Waals surface area contributed by atoms with E-state index in [0.717, 1.165) is 30.3 Å². The molecule has 1 aliphatic heterocycles. The van der Waals surface area contributed by atoms with Crippen LogP contribution in [0, 0.1) is 17.8 Å². The van der Waals surface area contributed by atoms with Crippen LogP contribution in [0.25, 0.3) is 0 Å². The lowest BCUT2D eigenvalue weighted by molar-refractivity contribution is -0.000420. The number of hydrogen-bond donors (Lipinski definition) is 1. The lowest BCUT2D eigenvalue weighted by Gasteiger charge is -2.50. The van der Waals surface area contributed by atoms with E-state index in [4.69, 9.17) is 5.73 Å². The minimum atomic E-state index is 0.303. The summed E-state index contributed by atoms with van der Waals surface area (Å²) in [5.41, 5.74) is 6.63. The van der Waals surface area contributed by atoms with Gasteiger partial charge in [0.05, 0.1) is 0 Å². The maximum Gasteiger partial charge on any atom is 0.0334 e. The van der Waals surface area contributed by atoms with E-state index in [1.807, 2.05) is 0 Å². The third-order valence-electron chi connectivity index (χ3n) is 6.25. The molecule has 1 saturated heterocycles. The summed E-state index contributed by atoms with van der Waals surface area (Å²) in [4.78, 5) is 2.81. The van der Waals surface area contributed by atoms with E-state index in [0.29, 0.717) is 5.54 Å². The molecule has 0 aromatic carbocycles. The predicted octanol–water partition coefficient (Wildman–Crippen LogP) is 4.04. The molecule has 2 aliphatic rings. The first-order valence-corrected chi connectivity index (χ1v) is 8.95. The van der Waals surface area contributed by atoms with Crippen molar-refractivity contribution in [3.8, 4) is 0 Å². The molecule has 2 N–H and O–H groups in total. The van der Waals surface area contributed by atoms with Gasteiger partial charge in [0.2, 0.25) is 0 Å². The lowest BCUT2D eigenvalue weighted by Crippen LogP contribution is -2.59. The molecule has 4 unspecified atom stereocenters. The summed E-state index contributed by atoms with van der Waals surface area (Å²) in [7, 11) is 0. The molecule has 2 fully saturated rings. The molecule has 0 amide bonds. The van der Waals surface area contributed by atoms with Crippen molar-refractivity contribution in [1.29, 1.82) is 0 Å². The molecule has 1 saturated carbocycles. The first-order valence-electron chi connectivity index (χ1n) is 8.95. The fourth-order valence-corrected chi connectivity index (χ4v) is 4.64. The van der Waals surface area contributed by atoms with E-state index in [-0.39, 0.29) is 0 Å². The summed E-state index contributed by atoms with van der Waals surface area (Å²) in [6.45, 7) is 11.8. The Balaban J connectivity index is 2.12. The minimum absolute atomic E-state index is 0.303. The second-order valence-electron chi connectivity index (χ2n) is 8.05. The summed E-state index contributed by atoms with van der Waals surface area (Å²) in [5, 5.41) is 0. The van der Waals surface area contributed by atoms with E-state index in [9.17, 15) is 0 Å². The number of likely N-dealkylation sites (tertiary alicyclic amines) is 1. The number of hydrogen-bond acceptors (Lipinski definition) is 2. The van der Waals surface area contributed by atoms with Gasteiger partial charge >= 0.3 is 0 Å². The molecule has 4 atom stereocenters. The van der Waals surface area contributed by atoms with Crippen LogP contribution in [0.1, 0.15) is 72.6 Å². The summed E-state index contributed by atoms with van der Waals surface area (Å²) in [5.74, 6) is 2.60. The van der Waals surface area contributed by atoms with Crippen molar-refractivity contribution in [2.45, 2.75) is 84.2 Å². The standard InChI is InChI=1S/C18H36N2/c1-14(2)17-6-5-10-18(13-19,11-9-17)20-12-15(3)7-8-16(20)4/h14-17H,5-13,19H2,1-4H3. The predicted molar refractivity (Wildman–Crippen MR) is 87.8 cm³/mol. The third kappa shape index (κ3) is 3.39. The van der Waals surface area contributed by atoms with Crippen molar-refractivity contribution < 1.29 is 0 Å². The van der Waals surface area contributed by atoms with E-state index in [1.54, 1.807) is 0 Å². The van der Waals surface area contributed by atoms with Gasteiger partial charge in [0.1, 0.15) is 0 Å². The van der Waals surface area contributed by atoms with Gasteiger partial charge in [0, 0.05) is 24.7 Å². The summed E-state index contributed by atoms with van der Waals surface area (Å²) in [6.07, 6.45) is 9.57. The smallest absolute Gasteiger partial charge is 0.0334 e. The van der Waals surface area contributed by atoms with Crippen LogP contribution >= 0.6 is 0 Å². The lowest BCUT2D eigenvalue weighted by atomic mass is 9.81.